The summed E-state index contributed by atoms with van der Waals surface area (Å²) in [4.78, 5) is 35.3. The van der Waals surface area contributed by atoms with E-state index >= 15 is 0 Å². The quantitative estimate of drug-likeness (QED) is 0.877. The van der Waals surface area contributed by atoms with Crippen LogP contribution in [0.3, 0.4) is 0 Å². The second-order valence-electron chi connectivity index (χ2n) is 6.38. The number of carbonyl (C=O) groups excluding carboxylic acids is 2. The first-order valence-electron chi connectivity index (χ1n) is 8.22. The molecule has 2 fully saturated rings. The lowest BCUT2D eigenvalue weighted by Gasteiger charge is -2.37. The number of rotatable bonds is 2. The summed E-state index contributed by atoms with van der Waals surface area (Å²) in [6.07, 6.45) is 3.09. The zero-order chi connectivity index (χ0) is 16.4. The summed E-state index contributed by atoms with van der Waals surface area (Å²) < 4.78 is 5.75. The average molecular weight is 320 g/mol. The number of nitrogens with one attached hydrogen (secondary N) is 1. The first-order valence-corrected chi connectivity index (χ1v) is 8.22. The van der Waals surface area contributed by atoms with Crippen molar-refractivity contribution in [2.24, 2.45) is 5.92 Å². The van der Waals surface area contributed by atoms with Gasteiger partial charge in [0.05, 0.1) is 13.2 Å². The van der Waals surface area contributed by atoms with E-state index in [1.807, 2.05) is 16.7 Å². The number of hydrogen-bond donors (Lipinski definition) is 1. The molecule has 1 aromatic rings. The number of amides is 2. The van der Waals surface area contributed by atoms with E-state index in [4.69, 9.17) is 4.74 Å². The zero-order valence-corrected chi connectivity index (χ0v) is 13.7. The number of ether oxygens (including phenoxy) is 1. The number of aryl methyl sites for hydroxylation is 1. The maximum atomic E-state index is 12.7. The summed E-state index contributed by atoms with van der Waals surface area (Å²) in [6, 6.07) is 0. The summed E-state index contributed by atoms with van der Waals surface area (Å²) in [5.74, 6) is 1.08. The number of likely N-dealkylation sites (tertiary alicyclic amines) is 1. The second kappa shape index (κ2) is 6.70. The van der Waals surface area contributed by atoms with Crippen LogP contribution in [0.15, 0.2) is 6.20 Å². The van der Waals surface area contributed by atoms with Gasteiger partial charge in [0.1, 0.15) is 11.9 Å². The molecule has 1 atom stereocenters. The largest absolute Gasteiger partial charge is 0.367 e. The molecule has 2 amide bonds. The molecule has 23 heavy (non-hydrogen) atoms. The lowest BCUT2D eigenvalue weighted by atomic mass is 9.95. The maximum absolute atomic E-state index is 12.7. The van der Waals surface area contributed by atoms with Crippen LogP contribution < -0.4 is 0 Å². The minimum Gasteiger partial charge on any atom is -0.367 e. The normalized spacial score (nSPS) is 23.1. The SMILES string of the molecule is CC(=O)N1CCC(C(=O)N2CCO[C@H](c3ncc(C)[nH]3)C2)CC1. The van der Waals surface area contributed by atoms with Crippen molar-refractivity contribution in [1.29, 1.82) is 0 Å². The van der Waals surface area contributed by atoms with Crippen molar-refractivity contribution >= 4 is 11.8 Å². The zero-order valence-electron chi connectivity index (χ0n) is 13.7. The van der Waals surface area contributed by atoms with Crippen molar-refractivity contribution in [3.05, 3.63) is 17.7 Å². The number of piperidine rings is 1. The average Bonchev–Trinajstić information content (AvgIpc) is 3.01. The minimum atomic E-state index is -0.182. The lowest BCUT2D eigenvalue weighted by molar-refractivity contribution is -0.146. The molecule has 3 rings (SSSR count). The van der Waals surface area contributed by atoms with Gasteiger partial charge in [0.2, 0.25) is 11.8 Å². The van der Waals surface area contributed by atoms with Gasteiger partial charge >= 0.3 is 0 Å². The number of hydrogen-bond acceptors (Lipinski definition) is 4. The van der Waals surface area contributed by atoms with Crippen molar-refractivity contribution in [2.75, 3.05) is 32.8 Å². The highest BCUT2D eigenvalue weighted by Gasteiger charge is 2.33. The Kier molecular flexibility index (Phi) is 4.66. The van der Waals surface area contributed by atoms with Crippen LogP contribution in [-0.4, -0.2) is 64.4 Å². The predicted molar refractivity (Wildman–Crippen MR) is 83.6 cm³/mol. The number of H-pyrrole nitrogens is 1. The van der Waals surface area contributed by atoms with Crippen LogP contribution in [0.5, 0.6) is 0 Å². The Labute approximate surface area is 136 Å². The second-order valence-corrected chi connectivity index (χ2v) is 6.38. The van der Waals surface area contributed by atoms with Crippen molar-refractivity contribution in [3.8, 4) is 0 Å². The number of aromatic amines is 1. The monoisotopic (exact) mass is 320 g/mol. The van der Waals surface area contributed by atoms with E-state index in [1.165, 1.54) is 0 Å². The Morgan fingerprint density at radius 2 is 2.00 bits per heavy atom. The molecule has 2 aliphatic heterocycles. The van der Waals surface area contributed by atoms with Gasteiger partial charge in [-0.15, -0.1) is 0 Å². The first-order chi connectivity index (χ1) is 11.0. The van der Waals surface area contributed by atoms with Gasteiger partial charge in [0.15, 0.2) is 0 Å². The fourth-order valence-corrected chi connectivity index (χ4v) is 3.31. The van der Waals surface area contributed by atoms with Gasteiger partial charge in [-0.3, -0.25) is 9.59 Å². The van der Waals surface area contributed by atoms with Crippen LogP contribution in [0.1, 0.15) is 37.4 Å². The van der Waals surface area contributed by atoms with E-state index in [2.05, 4.69) is 9.97 Å². The van der Waals surface area contributed by atoms with E-state index in [9.17, 15) is 9.59 Å². The third-order valence-electron chi connectivity index (χ3n) is 4.70. The summed E-state index contributed by atoms with van der Waals surface area (Å²) in [7, 11) is 0. The Morgan fingerprint density at radius 3 is 2.61 bits per heavy atom. The topological polar surface area (TPSA) is 78.5 Å². The summed E-state index contributed by atoms with van der Waals surface area (Å²) in [6.45, 7) is 6.59. The molecule has 0 radical (unpaired) electrons. The van der Waals surface area contributed by atoms with Crippen LogP contribution in [0.25, 0.3) is 0 Å². The van der Waals surface area contributed by atoms with Crippen LogP contribution in [0, 0.1) is 12.8 Å². The first kappa shape index (κ1) is 16.0. The van der Waals surface area contributed by atoms with Gasteiger partial charge in [-0.25, -0.2) is 4.98 Å². The third kappa shape index (κ3) is 3.55. The molecular formula is C16H24N4O3. The van der Waals surface area contributed by atoms with Crippen molar-refractivity contribution < 1.29 is 14.3 Å². The maximum Gasteiger partial charge on any atom is 0.225 e. The Morgan fingerprint density at radius 1 is 1.26 bits per heavy atom. The minimum absolute atomic E-state index is 0.0164. The molecule has 0 spiro atoms. The molecule has 3 heterocycles. The predicted octanol–water partition coefficient (Wildman–Crippen LogP) is 0.877. The summed E-state index contributed by atoms with van der Waals surface area (Å²) in [5, 5.41) is 0. The molecule has 0 aromatic carbocycles. The van der Waals surface area contributed by atoms with E-state index in [0.29, 0.717) is 32.8 Å². The van der Waals surface area contributed by atoms with Crippen LogP contribution in [-0.2, 0) is 14.3 Å². The standard InChI is InChI=1S/C16H24N4O3/c1-11-9-17-15(18-11)14-10-20(7-8-23-14)16(22)13-3-5-19(6-4-13)12(2)21/h9,13-14H,3-8,10H2,1-2H3,(H,17,18)/t14-/m0/s1. The highest BCUT2D eigenvalue weighted by atomic mass is 16.5. The summed E-state index contributed by atoms with van der Waals surface area (Å²) >= 11 is 0. The van der Waals surface area contributed by atoms with E-state index in [0.717, 1.165) is 24.4 Å². The van der Waals surface area contributed by atoms with Crippen molar-refractivity contribution in [3.63, 3.8) is 0 Å². The van der Waals surface area contributed by atoms with Crippen LogP contribution >= 0.6 is 0 Å². The summed E-state index contributed by atoms with van der Waals surface area (Å²) in [5.41, 5.74) is 0.989. The van der Waals surface area contributed by atoms with E-state index in [1.54, 1.807) is 13.1 Å². The molecule has 0 saturated carbocycles. The molecule has 126 valence electrons. The number of nitrogens with zero attached hydrogens (tertiary/aromatic N) is 3. The Balaban J connectivity index is 1.58. The van der Waals surface area contributed by atoms with Crippen molar-refractivity contribution in [2.45, 2.75) is 32.8 Å². The molecule has 1 N–H and O–H groups in total. The van der Waals surface area contributed by atoms with Gasteiger partial charge in [-0.05, 0) is 19.8 Å². The van der Waals surface area contributed by atoms with Gasteiger partial charge < -0.3 is 19.5 Å². The number of carbonyl (C=O) groups is 2. The molecule has 0 unspecified atom stereocenters. The van der Waals surface area contributed by atoms with E-state index < -0.39 is 0 Å². The molecule has 1 aromatic heterocycles. The molecule has 0 bridgehead atoms. The van der Waals surface area contributed by atoms with Gasteiger partial charge in [-0.2, -0.15) is 0 Å². The fraction of sp³-hybridized carbons (Fsp3) is 0.688. The Bertz CT molecular complexity index is 578. The molecular weight excluding hydrogens is 296 g/mol. The third-order valence-corrected chi connectivity index (χ3v) is 4.70. The van der Waals surface area contributed by atoms with Crippen LogP contribution in [0.4, 0.5) is 0 Å². The molecule has 2 aliphatic rings. The lowest BCUT2D eigenvalue weighted by Crippen LogP contribution is -2.48. The Hall–Kier alpha value is -1.89. The molecule has 2 saturated heterocycles. The smallest absolute Gasteiger partial charge is 0.225 e. The van der Waals surface area contributed by atoms with Gasteiger partial charge in [-0.1, -0.05) is 0 Å². The van der Waals surface area contributed by atoms with Gasteiger partial charge in [0.25, 0.3) is 0 Å². The number of imidazole rings is 1. The molecule has 0 aliphatic carbocycles. The number of aromatic nitrogens is 2. The molecule has 7 nitrogen and oxygen atoms in total. The fourth-order valence-electron chi connectivity index (χ4n) is 3.31. The van der Waals surface area contributed by atoms with Crippen LogP contribution in [0.2, 0.25) is 0 Å². The van der Waals surface area contributed by atoms with Crippen molar-refractivity contribution in [1.82, 2.24) is 19.8 Å². The highest BCUT2D eigenvalue weighted by molar-refractivity contribution is 5.80. The number of morpholine rings is 1. The molecule has 7 heteroatoms. The highest BCUT2D eigenvalue weighted by Crippen LogP contribution is 2.24. The van der Waals surface area contributed by atoms with Gasteiger partial charge in [0, 0.05) is 44.4 Å². The van der Waals surface area contributed by atoms with E-state index in [-0.39, 0.29) is 23.8 Å².